The number of urea groups is 2. The van der Waals surface area contributed by atoms with Gasteiger partial charge in [-0.3, -0.25) is 15.1 Å². The van der Waals surface area contributed by atoms with Gasteiger partial charge in [-0.25, -0.2) is 9.59 Å². The van der Waals surface area contributed by atoms with Crippen molar-refractivity contribution in [3.63, 3.8) is 0 Å². The number of hydrogen-bond donors (Lipinski definition) is 1. The molecule has 1 atom stereocenters. The molecule has 7 nitrogen and oxygen atoms in total. The summed E-state index contributed by atoms with van der Waals surface area (Å²) in [6.07, 6.45) is 3.59. The molecule has 184 valence electrons. The van der Waals surface area contributed by atoms with Gasteiger partial charge in [0.2, 0.25) is 0 Å². The summed E-state index contributed by atoms with van der Waals surface area (Å²) in [5.41, 5.74) is -0.0866. The van der Waals surface area contributed by atoms with Gasteiger partial charge in [0.05, 0.1) is 0 Å². The van der Waals surface area contributed by atoms with Crippen LogP contribution in [0.15, 0.2) is 0 Å². The number of hydrogen-bond acceptors (Lipinski definition) is 4. The molecule has 4 amide bonds. The van der Waals surface area contributed by atoms with Gasteiger partial charge in [0, 0.05) is 46.8 Å². The van der Waals surface area contributed by atoms with Gasteiger partial charge in [-0.05, 0) is 102 Å². The first-order valence-electron chi connectivity index (χ1n) is 12.3. The van der Waals surface area contributed by atoms with Gasteiger partial charge in [-0.15, -0.1) is 0 Å². The maximum Gasteiger partial charge on any atom is 0.326 e. The van der Waals surface area contributed by atoms with Crippen LogP contribution in [0.3, 0.4) is 0 Å². The van der Waals surface area contributed by atoms with Crippen LogP contribution in [0.25, 0.3) is 0 Å². The molecule has 32 heavy (non-hydrogen) atoms. The number of piperidine rings is 2. The van der Waals surface area contributed by atoms with Crippen molar-refractivity contribution in [2.24, 2.45) is 0 Å². The summed E-state index contributed by atoms with van der Waals surface area (Å²) in [5.74, 6) is 0. The average Bonchev–Trinajstić information content (AvgIpc) is 2.71. The summed E-state index contributed by atoms with van der Waals surface area (Å²) in [6, 6.07) is -0.303. The Labute approximate surface area is 195 Å². The quantitative estimate of drug-likeness (QED) is 0.689. The van der Waals surface area contributed by atoms with E-state index in [1.165, 1.54) is 0 Å². The molecule has 0 aromatic carbocycles. The highest BCUT2D eigenvalue weighted by Gasteiger charge is 2.50. The Morgan fingerprint density at radius 1 is 0.688 bits per heavy atom. The molecule has 1 unspecified atom stereocenters. The van der Waals surface area contributed by atoms with Crippen molar-refractivity contribution in [2.45, 2.75) is 128 Å². The molecule has 3 aliphatic rings. The molecule has 1 N–H and O–H groups in total. The molecule has 3 fully saturated rings. The van der Waals surface area contributed by atoms with Crippen molar-refractivity contribution >= 4 is 12.1 Å². The van der Waals surface area contributed by atoms with Crippen molar-refractivity contribution < 1.29 is 9.59 Å². The molecule has 3 heterocycles. The van der Waals surface area contributed by atoms with Crippen LogP contribution in [0.2, 0.25) is 0 Å². The van der Waals surface area contributed by atoms with E-state index in [4.69, 9.17) is 0 Å². The average molecular weight is 450 g/mol. The van der Waals surface area contributed by atoms with E-state index in [1.54, 1.807) is 0 Å². The summed E-state index contributed by atoms with van der Waals surface area (Å²) in [5, 5.41) is 2.75. The molecular formula is C25H47N5O2. The molecule has 3 saturated heterocycles. The number of nitrogens with zero attached hydrogens (tertiary/aromatic N) is 4. The summed E-state index contributed by atoms with van der Waals surface area (Å²) in [7, 11) is 4.35. The predicted octanol–water partition coefficient (Wildman–Crippen LogP) is 4.12. The van der Waals surface area contributed by atoms with Gasteiger partial charge in [0.25, 0.3) is 0 Å². The van der Waals surface area contributed by atoms with E-state index in [2.05, 4.69) is 91.5 Å². The minimum atomic E-state index is -0.239. The van der Waals surface area contributed by atoms with Gasteiger partial charge in [-0.2, -0.15) is 0 Å². The Morgan fingerprint density at radius 3 is 1.47 bits per heavy atom. The summed E-state index contributed by atoms with van der Waals surface area (Å²) in [6.45, 7) is 20.7. The lowest BCUT2D eigenvalue weighted by atomic mass is 9.76. The molecule has 0 bridgehead atoms. The molecule has 0 saturated carbocycles. The molecule has 3 rings (SSSR count). The van der Waals surface area contributed by atoms with Gasteiger partial charge in [0.15, 0.2) is 0 Å². The van der Waals surface area contributed by atoms with E-state index >= 15 is 0 Å². The van der Waals surface area contributed by atoms with E-state index in [-0.39, 0.29) is 52.3 Å². The lowest BCUT2D eigenvalue weighted by Gasteiger charge is -2.56. The monoisotopic (exact) mass is 449 g/mol. The summed E-state index contributed by atoms with van der Waals surface area (Å²) < 4.78 is 0. The Balaban J connectivity index is 1.86. The minimum Gasteiger partial charge on any atom is -0.319 e. The zero-order valence-electron chi connectivity index (χ0n) is 22.4. The number of imide groups is 1. The van der Waals surface area contributed by atoms with Crippen molar-refractivity contribution in [3.05, 3.63) is 0 Å². The van der Waals surface area contributed by atoms with Crippen LogP contribution in [0.1, 0.15) is 88.0 Å². The zero-order chi connectivity index (χ0) is 24.4. The van der Waals surface area contributed by atoms with Crippen molar-refractivity contribution in [3.8, 4) is 0 Å². The topological polar surface area (TPSA) is 59.1 Å². The van der Waals surface area contributed by atoms with Gasteiger partial charge < -0.3 is 9.80 Å². The lowest BCUT2D eigenvalue weighted by molar-refractivity contribution is -0.0507. The molecule has 0 radical (unpaired) electrons. The third kappa shape index (κ3) is 4.39. The van der Waals surface area contributed by atoms with Crippen LogP contribution in [0.4, 0.5) is 9.59 Å². The van der Waals surface area contributed by atoms with Crippen molar-refractivity contribution in [1.29, 1.82) is 0 Å². The highest BCUT2D eigenvalue weighted by molar-refractivity contribution is 5.94. The molecule has 0 spiro atoms. The van der Waals surface area contributed by atoms with Crippen molar-refractivity contribution in [2.75, 3.05) is 20.6 Å². The van der Waals surface area contributed by atoms with E-state index < -0.39 is 0 Å². The fourth-order valence-corrected chi connectivity index (χ4v) is 6.78. The molecule has 7 heteroatoms. The molecule has 0 aromatic heterocycles. The van der Waals surface area contributed by atoms with Crippen LogP contribution in [0.5, 0.6) is 0 Å². The second-order valence-corrected chi connectivity index (χ2v) is 13.1. The predicted molar refractivity (Wildman–Crippen MR) is 130 cm³/mol. The standard InChI is InChI=1S/C25H47N5O2/c1-17-16-29(18-12-22(2,3)27(10)23(4,5)13-18)20(31)26-21(32)30(17)19-14-24(6,7)28(11)25(8,9)15-19/h17-19H,12-16H2,1-11H3,(H,26,31,32). The number of amides is 4. The van der Waals surface area contributed by atoms with Crippen LogP contribution in [0, 0.1) is 0 Å². The lowest BCUT2D eigenvalue weighted by Crippen LogP contribution is -2.65. The number of nitrogens with one attached hydrogen (secondary N) is 1. The maximum absolute atomic E-state index is 13.3. The van der Waals surface area contributed by atoms with E-state index in [0.29, 0.717) is 6.54 Å². The molecule has 0 aliphatic carbocycles. The Kier molecular flexibility index (Phi) is 6.21. The van der Waals surface area contributed by atoms with Crippen LogP contribution in [-0.2, 0) is 0 Å². The number of rotatable bonds is 2. The largest absolute Gasteiger partial charge is 0.326 e. The van der Waals surface area contributed by atoms with Crippen LogP contribution in [-0.4, -0.2) is 92.6 Å². The van der Waals surface area contributed by atoms with Crippen LogP contribution < -0.4 is 5.32 Å². The maximum atomic E-state index is 13.3. The number of carbonyl (C=O) groups excluding carboxylic acids is 2. The fraction of sp³-hybridized carbons (Fsp3) is 0.920. The number of carbonyl (C=O) groups is 2. The first-order chi connectivity index (χ1) is 14.4. The third-order valence-electron chi connectivity index (χ3n) is 9.05. The molecular weight excluding hydrogens is 402 g/mol. The number of likely N-dealkylation sites (tertiary alicyclic amines) is 2. The Morgan fingerprint density at radius 2 is 1.06 bits per heavy atom. The Hall–Kier alpha value is -1.34. The van der Waals surface area contributed by atoms with Gasteiger partial charge >= 0.3 is 12.1 Å². The highest BCUT2D eigenvalue weighted by atomic mass is 16.2. The first-order valence-corrected chi connectivity index (χ1v) is 12.3. The van der Waals surface area contributed by atoms with E-state index in [9.17, 15) is 9.59 Å². The summed E-state index contributed by atoms with van der Waals surface area (Å²) in [4.78, 5) is 35.3. The van der Waals surface area contributed by atoms with Gasteiger partial charge in [-0.1, -0.05) is 0 Å². The molecule has 0 aromatic rings. The second kappa shape index (κ2) is 7.86. The highest BCUT2D eigenvalue weighted by Crippen LogP contribution is 2.41. The minimum absolute atomic E-state index is 0.0199. The normalized spacial score (nSPS) is 32.0. The van der Waals surface area contributed by atoms with Gasteiger partial charge in [0.1, 0.15) is 0 Å². The van der Waals surface area contributed by atoms with Crippen LogP contribution >= 0.6 is 0 Å². The van der Waals surface area contributed by atoms with Crippen molar-refractivity contribution in [1.82, 2.24) is 24.9 Å². The second-order valence-electron chi connectivity index (χ2n) is 13.1. The van der Waals surface area contributed by atoms with E-state index in [1.807, 2.05) is 9.80 Å². The SMILES string of the molecule is CC1CN(C2CC(C)(C)N(C)C(C)(C)C2)C(=O)NC(=O)N1C1CC(C)(C)N(C)C(C)(C)C1. The first kappa shape index (κ1) is 25.3. The fourth-order valence-electron chi connectivity index (χ4n) is 6.78. The Bertz CT molecular complexity index is 723. The summed E-state index contributed by atoms with van der Waals surface area (Å²) >= 11 is 0. The smallest absolute Gasteiger partial charge is 0.319 e. The zero-order valence-corrected chi connectivity index (χ0v) is 22.4. The van der Waals surface area contributed by atoms with E-state index in [0.717, 1.165) is 25.7 Å². The third-order valence-corrected chi connectivity index (χ3v) is 9.05. The molecule has 3 aliphatic heterocycles.